The number of para-hydroxylation sites is 1. The van der Waals surface area contributed by atoms with Gasteiger partial charge in [-0.25, -0.2) is 4.39 Å². The number of ketones is 1. The maximum absolute atomic E-state index is 14.2. The smallest absolute Gasteiger partial charge is 0.278 e. The lowest BCUT2D eigenvalue weighted by Gasteiger charge is -2.24. The summed E-state index contributed by atoms with van der Waals surface area (Å²) in [5.41, 5.74) is 0.524. The number of fused-ring (bicyclic) bond motifs is 1. The van der Waals surface area contributed by atoms with E-state index in [-0.39, 0.29) is 22.1 Å². The first-order valence-corrected chi connectivity index (χ1v) is 6.96. The van der Waals surface area contributed by atoms with Crippen molar-refractivity contribution < 1.29 is 18.7 Å². The van der Waals surface area contributed by atoms with Crippen molar-refractivity contribution in [2.24, 2.45) is 0 Å². The van der Waals surface area contributed by atoms with Crippen molar-refractivity contribution in [3.63, 3.8) is 0 Å². The van der Waals surface area contributed by atoms with E-state index in [1.807, 2.05) is 0 Å². The van der Waals surface area contributed by atoms with Gasteiger partial charge in [0.2, 0.25) is 0 Å². The Morgan fingerprint density at radius 3 is 2.77 bits per heavy atom. The predicted octanol–water partition coefficient (Wildman–Crippen LogP) is 4.49. The summed E-state index contributed by atoms with van der Waals surface area (Å²) < 4.78 is 25.7. The Morgan fingerprint density at radius 1 is 1.32 bits per heavy atom. The van der Waals surface area contributed by atoms with Gasteiger partial charge >= 0.3 is 0 Å². The molecule has 1 unspecified atom stereocenters. The molecule has 2 aromatic carbocycles. The van der Waals surface area contributed by atoms with Crippen molar-refractivity contribution in [1.82, 2.24) is 0 Å². The molecule has 1 aliphatic heterocycles. The van der Waals surface area contributed by atoms with Crippen LogP contribution < -0.4 is 9.47 Å². The van der Waals surface area contributed by atoms with E-state index in [4.69, 9.17) is 21.1 Å². The van der Waals surface area contributed by atoms with Crippen LogP contribution in [0.4, 0.5) is 4.39 Å². The van der Waals surface area contributed by atoms with Gasteiger partial charge in [-0.15, -0.1) is 0 Å². The minimum atomic E-state index is -1.37. The fraction of sp³-hybridized carbons (Fsp3) is 0.118. The molecule has 1 aliphatic rings. The van der Waals surface area contributed by atoms with Gasteiger partial charge in [0.25, 0.3) is 5.79 Å². The summed E-state index contributed by atoms with van der Waals surface area (Å²) in [4.78, 5) is 11.9. The minimum absolute atomic E-state index is 0.199. The van der Waals surface area contributed by atoms with Crippen LogP contribution in [-0.4, -0.2) is 5.78 Å². The molecule has 2 aromatic rings. The highest BCUT2D eigenvalue weighted by Gasteiger charge is 2.42. The van der Waals surface area contributed by atoms with Gasteiger partial charge in [-0.2, -0.15) is 0 Å². The van der Waals surface area contributed by atoms with Crippen LogP contribution in [0.15, 0.2) is 49.1 Å². The molecular weight excluding hydrogens is 307 g/mol. The second-order valence-electron chi connectivity index (χ2n) is 4.98. The lowest BCUT2D eigenvalue weighted by atomic mass is 10.1. The molecule has 0 saturated heterocycles. The van der Waals surface area contributed by atoms with E-state index in [9.17, 15) is 9.18 Å². The molecule has 0 N–H and O–H groups in total. The largest absolute Gasteiger partial charge is 0.444 e. The Hall–Kier alpha value is -2.33. The van der Waals surface area contributed by atoms with E-state index in [0.717, 1.165) is 0 Å². The fourth-order valence-electron chi connectivity index (χ4n) is 2.40. The summed E-state index contributed by atoms with van der Waals surface area (Å²) in [6, 6.07) is 9.18. The van der Waals surface area contributed by atoms with Gasteiger partial charge in [0.1, 0.15) is 5.82 Å². The quantitative estimate of drug-likeness (QED) is 0.618. The van der Waals surface area contributed by atoms with Crippen LogP contribution in [0.1, 0.15) is 22.8 Å². The minimum Gasteiger partial charge on any atom is -0.444 e. The van der Waals surface area contributed by atoms with E-state index in [2.05, 4.69) is 6.58 Å². The van der Waals surface area contributed by atoms with Crippen LogP contribution in [-0.2, 0) is 5.79 Å². The Morgan fingerprint density at radius 2 is 2.09 bits per heavy atom. The van der Waals surface area contributed by atoms with Crippen LogP contribution in [0.5, 0.6) is 11.5 Å². The molecule has 0 radical (unpaired) electrons. The Balaban J connectivity index is 2.06. The normalized spacial score (nSPS) is 19.0. The van der Waals surface area contributed by atoms with Crippen molar-refractivity contribution in [2.45, 2.75) is 12.7 Å². The number of hydrogen-bond donors (Lipinski definition) is 0. The molecule has 0 bridgehead atoms. The summed E-state index contributed by atoms with van der Waals surface area (Å²) in [6.07, 6.45) is 1.19. The van der Waals surface area contributed by atoms with Crippen LogP contribution in [0.25, 0.3) is 0 Å². The second kappa shape index (κ2) is 5.14. The SMILES string of the molecule is C=CC(=O)c1cccc2c1OC(C)(c1ccc(Cl)cc1F)O2. The Labute approximate surface area is 131 Å². The first kappa shape index (κ1) is 14.6. The van der Waals surface area contributed by atoms with Crippen molar-refractivity contribution in [2.75, 3.05) is 0 Å². The first-order valence-electron chi connectivity index (χ1n) is 6.58. The molecule has 0 saturated carbocycles. The molecule has 0 fully saturated rings. The van der Waals surface area contributed by atoms with Crippen molar-refractivity contribution in [3.8, 4) is 11.5 Å². The maximum Gasteiger partial charge on any atom is 0.278 e. The zero-order valence-corrected chi connectivity index (χ0v) is 12.5. The molecule has 3 nitrogen and oxygen atoms in total. The molecule has 0 amide bonds. The highest BCUT2D eigenvalue weighted by molar-refractivity contribution is 6.30. The van der Waals surface area contributed by atoms with Gasteiger partial charge in [-0.1, -0.05) is 24.2 Å². The number of carbonyl (C=O) groups is 1. The summed E-state index contributed by atoms with van der Waals surface area (Å²) >= 11 is 5.77. The molecular formula is C17H12ClFO3. The third kappa shape index (κ3) is 2.25. The average molecular weight is 319 g/mol. The summed E-state index contributed by atoms with van der Waals surface area (Å²) in [6.45, 7) is 5.05. The predicted molar refractivity (Wildman–Crippen MR) is 81.0 cm³/mol. The van der Waals surface area contributed by atoms with Crippen LogP contribution in [0.2, 0.25) is 5.02 Å². The standard InChI is InChI=1S/C17H12ClFO3/c1-3-14(20)11-5-4-6-15-16(11)22-17(2,21-15)12-8-7-10(18)9-13(12)19/h3-9H,1H2,2H3. The van der Waals surface area contributed by atoms with Gasteiger partial charge in [0.05, 0.1) is 11.1 Å². The Kier molecular flexibility index (Phi) is 3.41. The first-order chi connectivity index (χ1) is 10.4. The van der Waals surface area contributed by atoms with Crippen LogP contribution >= 0.6 is 11.6 Å². The molecule has 112 valence electrons. The van der Waals surface area contributed by atoms with Gasteiger partial charge < -0.3 is 9.47 Å². The van der Waals surface area contributed by atoms with Gasteiger partial charge in [0.15, 0.2) is 17.3 Å². The molecule has 0 spiro atoms. The monoisotopic (exact) mass is 318 g/mol. The molecule has 1 atom stereocenters. The third-order valence-electron chi connectivity index (χ3n) is 3.45. The molecule has 5 heteroatoms. The molecule has 1 heterocycles. The number of ether oxygens (including phenoxy) is 2. The van der Waals surface area contributed by atoms with Gasteiger partial charge in [-0.3, -0.25) is 4.79 Å². The molecule has 3 rings (SSSR count). The van der Waals surface area contributed by atoms with E-state index >= 15 is 0 Å². The highest BCUT2D eigenvalue weighted by Crippen LogP contribution is 2.46. The summed E-state index contributed by atoms with van der Waals surface area (Å²) in [7, 11) is 0. The fourth-order valence-corrected chi connectivity index (χ4v) is 2.56. The number of allylic oxidation sites excluding steroid dienone is 1. The number of hydrogen-bond acceptors (Lipinski definition) is 3. The number of rotatable bonds is 3. The van der Waals surface area contributed by atoms with E-state index in [1.54, 1.807) is 31.2 Å². The molecule has 0 aliphatic carbocycles. The van der Waals surface area contributed by atoms with E-state index < -0.39 is 11.6 Å². The highest BCUT2D eigenvalue weighted by atomic mass is 35.5. The van der Waals surface area contributed by atoms with Gasteiger partial charge in [-0.05, 0) is 36.4 Å². The zero-order chi connectivity index (χ0) is 15.9. The van der Waals surface area contributed by atoms with Gasteiger partial charge in [0, 0.05) is 11.9 Å². The van der Waals surface area contributed by atoms with Crippen molar-refractivity contribution >= 4 is 17.4 Å². The molecule has 22 heavy (non-hydrogen) atoms. The van der Waals surface area contributed by atoms with E-state index in [1.165, 1.54) is 18.2 Å². The van der Waals surface area contributed by atoms with Crippen LogP contribution in [0, 0.1) is 5.82 Å². The lowest BCUT2D eigenvalue weighted by Crippen LogP contribution is -2.32. The lowest BCUT2D eigenvalue weighted by molar-refractivity contribution is -0.0708. The maximum atomic E-state index is 14.2. The van der Waals surface area contributed by atoms with Crippen molar-refractivity contribution in [1.29, 1.82) is 0 Å². The summed E-state index contributed by atoms with van der Waals surface area (Å²) in [5.74, 6) is -1.54. The topological polar surface area (TPSA) is 35.5 Å². The van der Waals surface area contributed by atoms with Crippen LogP contribution in [0.3, 0.4) is 0 Å². The zero-order valence-electron chi connectivity index (χ0n) is 11.7. The molecule has 0 aromatic heterocycles. The number of benzene rings is 2. The van der Waals surface area contributed by atoms with E-state index in [0.29, 0.717) is 11.3 Å². The van der Waals surface area contributed by atoms with Crippen molar-refractivity contribution in [3.05, 3.63) is 71.0 Å². The summed E-state index contributed by atoms with van der Waals surface area (Å²) in [5, 5.41) is 0.280. The number of halogens is 2. The number of carbonyl (C=O) groups excluding carboxylic acids is 1. The average Bonchev–Trinajstić information content (AvgIpc) is 2.83. The Bertz CT molecular complexity index is 787. The second-order valence-corrected chi connectivity index (χ2v) is 5.41. The third-order valence-corrected chi connectivity index (χ3v) is 3.69.